The first-order valence-corrected chi connectivity index (χ1v) is 7.67. The van der Waals surface area contributed by atoms with Gasteiger partial charge in [-0.3, -0.25) is 0 Å². The highest BCUT2D eigenvalue weighted by Crippen LogP contribution is 2.38. The summed E-state index contributed by atoms with van der Waals surface area (Å²) in [4.78, 5) is 0. The van der Waals surface area contributed by atoms with Gasteiger partial charge in [-0.2, -0.15) is 0 Å². The van der Waals surface area contributed by atoms with Gasteiger partial charge in [0, 0.05) is 19.2 Å². The fourth-order valence-corrected chi connectivity index (χ4v) is 3.14. The summed E-state index contributed by atoms with van der Waals surface area (Å²) in [5.74, 6) is 0.858. The van der Waals surface area contributed by atoms with Gasteiger partial charge >= 0.3 is 0 Å². The molecule has 114 valence electrons. The number of oxime groups is 1. The van der Waals surface area contributed by atoms with Crippen molar-refractivity contribution in [2.24, 2.45) is 16.8 Å². The molecule has 0 amide bonds. The topological polar surface area (TPSA) is 79.9 Å². The van der Waals surface area contributed by atoms with E-state index in [1.807, 2.05) is 30.3 Å². The zero-order valence-electron chi connectivity index (χ0n) is 12.1. The Kier molecular flexibility index (Phi) is 4.41. The molecule has 4 N–H and O–H groups in total. The van der Waals surface area contributed by atoms with E-state index in [9.17, 15) is 0 Å². The standard InChI is InChI=1S/C16H23N3O2/c17-16(19-20)13(11-4-2-1-3-5-11)10-18-14-8-9-21-15(14)12-6-7-12/h1-5,12-15,18,20H,6-10H2,(H2,17,19). The van der Waals surface area contributed by atoms with Crippen LogP contribution in [0.5, 0.6) is 0 Å². The van der Waals surface area contributed by atoms with Crippen LogP contribution in [0.25, 0.3) is 0 Å². The van der Waals surface area contributed by atoms with Crippen LogP contribution in [0.2, 0.25) is 0 Å². The van der Waals surface area contributed by atoms with E-state index in [2.05, 4.69) is 10.5 Å². The Hall–Kier alpha value is -1.59. The number of nitrogens with zero attached hydrogens (tertiary/aromatic N) is 1. The maximum absolute atomic E-state index is 9.02. The van der Waals surface area contributed by atoms with Crippen molar-refractivity contribution < 1.29 is 9.94 Å². The number of hydrogen-bond donors (Lipinski definition) is 3. The van der Waals surface area contributed by atoms with Gasteiger partial charge in [0.2, 0.25) is 0 Å². The summed E-state index contributed by atoms with van der Waals surface area (Å²) in [5.41, 5.74) is 6.93. The lowest BCUT2D eigenvalue weighted by atomic mass is 9.97. The quantitative estimate of drug-likeness (QED) is 0.322. The number of rotatable bonds is 6. The highest BCUT2D eigenvalue weighted by atomic mass is 16.5. The molecule has 1 heterocycles. The molecule has 1 saturated heterocycles. The van der Waals surface area contributed by atoms with Crippen molar-refractivity contribution in [3.8, 4) is 0 Å². The lowest BCUT2D eigenvalue weighted by molar-refractivity contribution is 0.0811. The maximum atomic E-state index is 9.02. The Labute approximate surface area is 125 Å². The summed E-state index contributed by atoms with van der Waals surface area (Å²) in [6, 6.07) is 10.3. The molecule has 1 aliphatic heterocycles. The Balaban J connectivity index is 1.65. The zero-order valence-corrected chi connectivity index (χ0v) is 12.1. The molecule has 5 nitrogen and oxygen atoms in total. The molecule has 2 aliphatic rings. The summed E-state index contributed by atoms with van der Waals surface area (Å²) < 4.78 is 5.84. The SMILES string of the molecule is N/C(=N/O)C(CNC1CCOC1C1CC1)c1ccccc1. The number of nitrogens with two attached hydrogens (primary N) is 1. The van der Waals surface area contributed by atoms with Crippen molar-refractivity contribution in [1.29, 1.82) is 0 Å². The number of nitrogens with one attached hydrogen (secondary N) is 1. The fourth-order valence-electron chi connectivity index (χ4n) is 3.14. The predicted octanol–water partition coefficient (Wildman–Crippen LogP) is 1.67. The second kappa shape index (κ2) is 6.45. The number of hydrogen-bond acceptors (Lipinski definition) is 4. The molecule has 2 fully saturated rings. The molecular weight excluding hydrogens is 266 g/mol. The summed E-state index contributed by atoms with van der Waals surface area (Å²) in [6.07, 6.45) is 3.95. The van der Waals surface area contributed by atoms with Gasteiger partial charge in [0.05, 0.1) is 12.0 Å². The second-order valence-corrected chi connectivity index (χ2v) is 5.96. The van der Waals surface area contributed by atoms with Crippen LogP contribution in [0, 0.1) is 5.92 Å². The highest BCUT2D eigenvalue weighted by Gasteiger charge is 2.40. The number of benzene rings is 1. The minimum Gasteiger partial charge on any atom is -0.409 e. The third-order valence-corrected chi connectivity index (χ3v) is 4.48. The van der Waals surface area contributed by atoms with E-state index in [1.54, 1.807) is 0 Å². The van der Waals surface area contributed by atoms with Crippen LogP contribution in [-0.2, 0) is 4.74 Å². The molecule has 3 rings (SSSR count). The molecule has 3 unspecified atom stereocenters. The lowest BCUT2D eigenvalue weighted by Crippen LogP contribution is -2.42. The zero-order chi connectivity index (χ0) is 14.7. The van der Waals surface area contributed by atoms with E-state index in [0.717, 1.165) is 24.5 Å². The van der Waals surface area contributed by atoms with Crippen LogP contribution < -0.4 is 11.1 Å². The Morgan fingerprint density at radius 2 is 2.10 bits per heavy atom. The monoisotopic (exact) mass is 289 g/mol. The van der Waals surface area contributed by atoms with Crippen LogP contribution in [0.3, 0.4) is 0 Å². The van der Waals surface area contributed by atoms with Crippen LogP contribution in [-0.4, -0.2) is 36.3 Å². The first-order chi connectivity index (χ1) is 10.3. The maximum Gasteiger partial charge on any atom is 0.147 e. The average molecular weight is 289 g/mol. The Morgan fingerprint density at radius 1 is 1.33 bits per heavy atom. The van der Waals surface area contributed by atoms with Gasteiger partial charge in [-0.25, -0.2) is 0 Å². The molecule has 5 heteroatoms. The van der Waals surface area contributed by atoms with Gasteiger partial charge in [-0.05, 0) is 30.7 Å². The molecule has 1 aromatic rings. The summed E-state index contributed by atoms with van der Waals surface area (Å²) in [7, 11) is 0. The van der Waals surface area contributed by atoms with Gasteiger partial charge < -0.3 is 21.0 Å². The molecule has 3 atom stereocenters. The molecule has 1 saturated carbocycles. The largest absolute Gasteiger partial charge is 0.409 e. The molecule has 1 aliphatic carbocycles. The lowest BCUT2D eigenvalue weighted by Gasteiger charge is -2.23. The van der Waals surface area contributed by atoms with Crippen molar-refractivity contribution in [3.63, 3.8) is 0 Å². The fraction of sp³-hybridized carbons (Fsp3) is 0.562. The Morgan fingerprint density at radius 3 is 2.76 bits per heavy atom. The predicted molar refractivity (Wildman–Crippen MR) is 81.5 cm³/mol. The van der Waals surface area contributed by atoms with Gasteiger partial charge in [-0.1, -0.05) is 35.5 Å². The van der Waals surface area contributed by atoms with Gasteiger partial charge in [0.25, 0.3) is 0 Å². The van der Waals surface area contributed by atoms with Crippen LogP contribution in [0.4, 0.5) is 0 Å². The van der Waals surface area contributed by atoms with E-state index < -0.39 is 0 Å². The van der Waals surface area contributed by atoms with E-state index in [-0.39, 0.29) is 11.8 Å². The van der Waals surface area contributed by atoms with Crippen molar-refractivity contribution in [2.45, 2.75) is 37.3 Å². The van der Waals surface area contributed by atoms with Crippen LogP contribution in [0.1, 0.15) is 30.7 Å². The summed E-state index contributed by atoms with van der Waals surface area (Å²) >= 11 is 0. The van der Waals surface area contributed by atoms with Crippen LogP contribution >= 0.6 is 0 Å². The smallest absolute Gasteiger partial charge is 0.147 e. The van der Waals surface area contributed by atoms with Crippen molar-refractivity contribution in [3.05, 3.63) is 35.9 Å². The van der Waals surface area contributed by atoms with E-state index in [4.69, 9.17) is 15.7 Å². The van der Waals surface area contributed by atoms with Gasteiger partial charge in [0.15, 0.2) is 0 Å². The molecule has 0 radical (unpaired) electrons. The third-order valence-electron chi connectivity index (χ3n) is 4.48. The van der Waals surface area contributed by atoms with E-state index in [0.29, 0.717) is 18.7 Å². The molecule has 0 spiro atoms. The van der Waals surface area contributed by atoms with E-state index in [1.165, 1.54) is 12.8 Å². The van der Waals surface area contributed by atoms with Gasteiger partial charge in [-0.15, -0.1) is 0 Å². The molecular formula is C16H23N3O2. The normalized spacial score (nSPS) is 27.7. The summed E-state index contributed by atoms with van der Waals surface area (Å²) in [6.45, 7) is 1.50. The van der Waals surface area contributed by atoms with Gasteiger partial charge in [0.1, 0.15) is 5.84 Å². The minimum absolute atomic E-state index is 0.114. The van der Waals surface area contributed by atoms with Crippen molar-refractivity contribution >= 4 is 5.84 Å². The van der Waals surface area contributed by atoms with Crippen molar-refractivity contribution in [2.75, 3.05) is 13.2 Å². The first kappa shape index (κ1) is 14.4. The van der Waals surface area contributed by atoms with Crippen molar-refractivity contribution in [1.82, 2.24) is 5.32 Å². The van der Waals surface area contributed by atoms with Crippen LogP contribution in [0.15, 0.2) is 35.5 Å². The number of amidine groups is 1. The minimum atomic E-state index is -0.114. The third kappa shape index (κ3) is 3.36. The molecule has 21 heavy (non-hydrogen) atoms. The molecule has 0 bridgehead atoms. The first-order valence-electron chi connectivity index (χ1n) is 7.67. The average Bonchev–Trinajstić information content (AvgIpc) is 3.27. The molecule has 0 aromatic heterocycles. The number of ether oxygens (including phenoxy) is 1. The Bertz CT molecular complexity index is 488. The summed E-state index contributed by atoms with van der Waals surface area (Å²) in [5, 5.41) is 15.8. The highest BCUT2D eigenvalue weighted by molar-refractivity contribution is 5.87. The molecule has 1 aromatic carbocycles. The second-order valence-electron chi connectivity index (χ2n) is 5.96. The van der Waals surface area contributed by atoms with E-state index >= 15 is 0 Å².